The molecule has 0 aliphatic rings. The molecule has 0 fully saturated rings. The van der Waals surface area contributed by atoms with Crippen LogP contribution in [-0.2, 0) is 16.6 Å². The van der Waals surface area contributed by atoms with Gasteiger partial charge in [-0.3, -0.25) is 0 Å². The predicted molar refractivity (Wildman–Crippen MR) is 52.7 cm³/mol. The summed E-state index contributed by atoms with van der Waals surface area (Å²) in [6, 6.07) is 3.26. The predicted octanol–water partition coefficient (Wildman–Crippen LogP) is 1.40. The van der Waals surface area contributed by atoms with Crippen LogP contribution in [-0.4, -0.2) is 14.2 Å². The minimum atomic E-state index is -3.31. The van der Waals surface area contributed by atoms with E-state index in [-0.39, 0.29) is 12.3 Å². The Hall–Kier alpha value is -1.01. The van der Waals surface area contributed by atoms with Gasteiger partial charge in [0.15, 0.2) is 11.6 Å². The number of hydrogen-bond donors (Lipinski definition) is 1. The Morgan fingerprint density at radius 2 is 1.93 bits per heavy atom. The van der Waals surface area contributed by atoms with Crippen LogP contribution < -0.4 is 4.72 Å². The third-order valence-electron chi connectivity index (χ3n) is 1.86. The van der Waals surface area contributed by atoms with E-state index in [4.69, 9.17) is 0 Å². The summed E-state index contributed by atoms with van der Waals surface area (Å²) in [4.78, 5) is 0. The Bertz CT molecular complexity index is 445. The molecule has 1 aromatic rings. The maximum absolute atomic E-state index is 12.7. The molecule has 0 aliphatic carbocycles. The number of sulfonamides is 1. The van der Waals surface area contributed by atoms with Gasteiger partial charge in [0.25, 0.3) is 0 Å². The summed E-state index contributed by atoms with van der Waals surface area (Å²) in [6.07, 6.45) is 0. The first-order valence-electron chi connectivity index (χ1n) is 4.36. The minimum absolute atomic E-state index is 0.0344. The Kier molecular flexibility index (Phi) is 3.76. The standard InChI is InChI=1S/C9H11F2NO2S/c1-2-15(13,14)12-6-7-3-4-8(10)9(11)5-7/h3-5,12H,2,6H2,1H3. The van der Waals surface area contributed by atoms with Gasteiger partial charge >= 0.3 is 0 Å². The molecule has 0 amide bonds. The molecule has 0 atom stereocenters. The van der Waals surface area contributed by atoms with E-state index in [0.29, 0.717) is 5.56 Å². The van der Waals surface area contributed by atoms with E-state index in [1.165, 1.54) is 13.0 Å². The molecule has 0 unspecified atom stereocenters. The SMILES string of the molecule is CCS(=O)(=O)NCc1ccc(F)c(F)c1. The highest BCUT2D eigenvalue weighted by atomic mass is 32.2. The van der Waals surface area contributed by atoms with E-state index >= 15 is 0 Å². The molecule has 6 heteroatoms. The number of nitrogens with one attached hydrogen (secondary N) is 1. The summed E-state index contributed by atoms with van der Waals surface area (Å²) in [7, 11) is -3.31. The molecule has 84 valence electrons. The molecule has 3 nitrogen and oxygen atoms in total. The van der Waals surface area contributed by atoms with Crippen molar-refractivity contribution < 1.29 is 17.2 Å². The van der Waals surface area contributed by atoms with Crippen LogP contribution in [0.15, 0.2) is 18.2 Å². The number of hydrogen-bond acceptors (Lipinski definition) is 2. The van der Waals surface area contributed by atoms with E-state index in [1.54, 1.807) is 0 Å². The molecule has 0 aliphatic heterocycles. The van der Waals surface area contributed by atoms with Crippen molar-refractivity contribution in [2.45, 2.75) is 13.5 Å². The van der Waals surface area contributed by atoms with Gasteiger partial charge in [0.05, 0.1) is 5.75 Å². The minimum Gasteiger partial charge on any atom is -0.212 e. The van der Waals surface area contributed by atoms with Crippen LogP contribution in [0, 0.1) is 11.6 Å². The molecule has 0 saturated carbocycles. The molecule has 15 heavy (non-hydrogen) atoms. The maximum Gasteiger partial charge on any atom is 0.211 e. The van der Waals surface area contributed by atoms with Crippen LogP contribution in [0.25, 0.3) is 0 Å². The Labute approximate surface area is 87.2 Å². The van der Waals surface area contributed by atoms with E-state index in [0.717, 1.165) is 12.1 Å². The first kappa shape index (κ1) is 12.1. The van der Waals surface area contributed by atoms with Gasteiger partial charge in [-0.2, -0.15) is 0 Å². The first-order valence-corrected chi connectivity index (χ1v) is 6.01. The second-order valence-electron chi connectivity index (χ2n) is 2.97. The summed E-state index contributed by atoms with van der Waals surface area (Å²) in [5.41, 5.74) is 0.380. The summed E-state index contributed by atoms with van der Waals surface area (Å²) in [5, 5.41) is 0. The molecule has 0 spiro atoms. The van der Waals surface area contributed by atoms with E-state index in [9.17, 15) is 17.2 Å². The topological polar surface area (TPSA) is 46.2 Å². The van der Waals surface area contributed by atoms with Gasteiger partial charge in [-0.15, -0.1) is 0 Å². The van der Waals surface area contributed by atoms with Crippen LogP contribution in [0.4, 0.5) is 8.78 Å². The lowest BCUT2D eigenvalue weighted by Gasteiger charge is -2.04. The van der Waals surface area contributed by atoms with Gasteiger partial charge in [0, 0.05) is 6.54 Å². The molecule has 0 bridgehead atoms. The van der Waals surface area contributed by atoms with Crippen LogP contribution in [0.3, 0.4) is 0 Å². The lowest BCUT2D eigenvalue weighted by molar-refractivity contribution is 0.506. The van der Waals surface area contributed by atoms with Crippen molar-refractivity contribution in [3.8, 4) is 0 Å². The largest absolute Gasteiger partial charge is 0.212 e. The van der Waals surface area contributed by atoms with Crippen molar-refractivity contribution >= 4 is 10.0 Å². The number of halogens is 2. The van der Waals surface area contributed by atoms with Crippen molar-refractivity contribution in [1.82, 2.24) is 4.72 Å². The third-order valence-corrected chi connectivity index (χ3v) is 3.20. The van der Waals surface area contributed by atoms with Crippen molar-refractivity contribution in [1.29, 1.82) is 0 Å². The number of rotatable bonds is 4. The van der Waals surface area contributed by atoms with E-state index in [1.807, 2.05) is 0 Å². The van der Waals surface area contributed by atoms with Gasteiger partial charge in [0.2, 0.25) is 10.0 Å². The summed E-state index contributed by atoms with van der Waals surface area (Å²) >= 11 is 0. The quantitative estimate of drug-likeness (QED) is 0.857. The van der Waals surface area contributed by atoms with E-state index < -0.39 is 21.7 Å². The molecular weight excluding hydrogens is 224 g/mol. The van der Waals surface area contributed by atoms with Crippen molar-refractivity contribution in [2.24, 2.45) is 0 Å². The zero-order valence-electron chi connectivity index (χ0n) is 8.13. The molecule has 0 heterocycles. The highest BCUT2D eigenvalue weighted by Gasteiger charge is 2.07. The van der Waals surface area contributed by atoms with Gasteiger partial charge < -0.3 is 0 Å². The average molecular weight is 235 g/mol. The second kappa shape index (κ2) is 4.67. The Morgan fingerprint density at radius 3 is 2.47 bits per heavy atom. The fourth-order valence-corrected chi connectivity index (χ4v) is 1.54. The highest BCUT2D eigenvalue weighted by Crippen LogP contribution is 2.08. The van der Waals surface area contributed by atoms with Crippen molar-refractivity contribution in [2.75, 3.05) is 5.75 Å². The Morgan fingerprint density at radius 1 is 1.27 bits per heavy atom. The monoisotopic (exact) mass is 235 g/mol. The molecule has 0 aromatic heterocycles. The van der Waals surface area contributed by atoms with Gasteiger partial charge in [0.1, 0.15) is 0 Å². The molecular formula is C9H11F2NO2S. The van der Waals surface area contributed by atoms with Crippen LogP contribution >= 0.6 is 0 Å². The van der Waals surface area contributed by atoms with Crippen LogP contribution in [0.5, 0.6) is 0 Å². The highest BCUT2D eigenvalue weighted by molar-refractivity contribution is 7.89. The molecule has 0 saturated heterocycles. The molecule has 1 N–H and O–H groups in total. The van der Waals surface area contributed by atoms with Crippen molar-refractivity contribution in [3.05, 3.63) is 35.4 Å². The van der Waals surface area contributed by atoms with Gasteiger partial charge in [-0.05, 0) is 24.6 Å². The molecule has 1 rings (SSSR count). The summed E-state index contributed by atoms with van der Waals surface area (Å²) in [6.45, 7) is 1.46. The Balaban J connectivity index is 2.71. The fraction of sp³-hybridized carbons (Fsp3) is 0.333. The van der Waals surface area contributed by atoms with Gasteiger partial charge in [-0.25, -0.2) is 21.9 Å². The zero-order valence-corrected chi connectivity index (χ0v) is 8.94. The smallest absolute Gasteiger partial charge is 0.211 e. The second-order valence-corrected chi connectivity index (χ2v) is 5.07. The fourth-order valence-electron chi connectivity index (χ4n) is 0.945. The summed E-state index contributed by atoms with van der Waals surface area (Å²) < 4.78 is 49.6. The van der Waals surface area contributed by atoms with E-state index in [2.05, 4.69) is 4.72 Å². The molecule has 1 aromatic carbocycles. The van der Waals surface area contributed by atoms with Gasteiger partial charge in [-0.1, -0.05) is 6.07 Å². The lowest BCUT2D eigenvalue weighted by Crippen LogP contribution is -2.24. The maximum atomic E-state index is 12.7. The average Bonchev–Trinajstić information content (AvgIpc) is 2.20. The third kappa shape index (κ3) is 3.56. The lowest BCUT2D eigenvalue weighted by atomic mass is 10.2. The van der Waals surface area contributed by atoms with Crippen LogP contribution in [0.1, 0.15) is 12.5 Å². The van der Waals surface area contributed by atoms with Crippen LogP contribution in [0.2, 0.25) is 0 Å². The number of benzene rings is 1. The zero-order chi connectivity index (χ0) is 11.5. The van der Waals surface area contributed by atoms with Crippen molar-refractivity contribution in [3.63, 3.8) is 0 Å². The summed E-state index contributed by atoms with van der Waals surface area (Å²) in [5.74, 6) is -1.98. The molecule has 0 radical (unpaired) electrons. The normalized spacial score (nSPS) is 11.7. The first-order chi connectivity index (χ1) is 6.94.